The van der Waals surface area contributed by atoms with Crippen LogP contribution in [0.15, 0.2) is 60.1 Å². The second kappa shape index (κ2) is 17.1. The molecule has 6 aliphatic carbocycles. The maximum atomic E-state index is 10.6. The number of hydrogen-bond acceptors (Lipinski definition) is 8. The minimum atomic E-state index is -0.959. The average molecular weight is 773 g/mol. The van der Waals surface area contributed by atoms with Crippen LogP contribution in [-0.2, 0) is 22.3 Å². The maximum Gasteiger partial charge on any atom is 0.196 e. The number of aryl methyl sites for hydroxylation is 2. The normalized spacial score (nSPS) is 34.8. The number of rotatable bonds is 12. The van der Waals surface area contributed by atoms with Crippen LogP contribution in [0.4, 0.5) is 0 Å². The van der Waals surface area contributed by atoms with Gasteiger partial charge in [-0.25, -0.2) is 0 Å². The summed E-state index contributed by atoms with van der Waals surface area (Å²) in [6, 6.07) is 13.0. The van der Waals surface area contributed by atoms with Crippen LogP contribution in [0.1, 0.15) is 140 Å². The molecule has 2 saturated carbocycles. The Balaban J connectivity index is 0.000000172. The van der Waals surface area contributed by atoms with E-state index in [1.807, 2.05) is 32.9 Å². The lowest BCUT2D eigenvalue weighted by atomic mass is 9.55. The summed E-state index contributed by atoms with van der Waals surface area (Å²) in [6.45, 7) is 14.0. The van der Waals surface area contributed by atoms with Crippen LogP contribution in [0.5, 0.6) is 11.5 Å². The number of ether oxygens (including phenoxy) is 4. The summed E-state index contributed by atoms with van der Waals surface area (Å²) >= 11 is 0. The van der Waals surface area contributed by atoms with Gasteiger partial charge in [-0.1, -0.05) is 64.8 Å². The van der Waals surface area contributed by atoms with Gasteiger partial charge in [0, 0.05) is 16.7 Å². The summed E-state index contributed by atoms with van der Waals surface area (Å²) in [5.74, 6) is 3.75. The third kappa shape index (κ3) is 7.77. The molecular formula is C48H68O8. The minimum Gasteiger partial charge on any atom is -0.508 e. The molecule has 2 aromatic rings. The second-order valence-electron chi connectivity index (χ2n) is 18.3. The van der Waals surface area contributed by atoms with Crippen molar-refractivity contribution in [2.24, 2.45) is 34.5 Å². The molecule has 12 atom stereocenters. The molecule has 56 heavy (non-hydrogen) atoms. The van der Waals surface area contributed by atoms with Crippen LogP contribution in [0, 0.1) is 34.5 Å². The van der Waals surface area contributed by atoms with E-state index in [4.69, 9.17) is 18.9 Å². The van der Waals surface area contributed by atoms with Crippen molar-refractivity contribution in [3.8, 4) is 11.5 Å². The monoisotopic (exact) mass is 772 g/mol. The number of fused-ring (bicyclic) bond motifs is 10. The summed E-state index contributed by atoms with van der Waals surface area (Å²) in [5, 5.41) is 41.7. The fourth-order valence-corrected chi connectivity index (χ4v) is 11.6. The molecule has 0 radical (unpaired) electrons. The quantitative estimate of drug-likeness (QED) is 0.0957. The molecule has 6 aliphatic rings. The van der Waals surface area contributed by atoms with Crippen LogP contribution in [0.3, 0.4) is 0 Å². The van der Waals surface area contributed by atoms with Crippen LogP contribution in [0.25, 0.3) is 0 Å². The standard InChI is InChI=1S/C24H34O5.C24H34O3/c1-4-5-12-28-14(2)29-16-7-9-17-15(13-16)6-8-19-18(17)10-11-24(3)20(19)21(25)22(26)23(24)27;1-4-5-14-26-16(2)27-18-7-9-19-17(15-18)6-8-21-20(19)12-13-24(3)22(21)10-11-23(24)25/h7,9,13-14,18-20,23,25-27H,4-6,8,10-12H2,1-3H3;7,9-11,15-16,20-23,25H,4-6,8,12-14H2,1-3H3/t14?,18-,19?,20-,23+,24+;16?,20-,21?,22+,23+,24+/m11/s1. The van der Waals surface area contributed by atoms with E-state index in [0.29, 0.717) is 30.3 Å². The van der Waals surface area contributed by atoms with Crippen LogP contribution >= 0.6 is 0 Å². The smallest absolute Gasteiger partial charge is 0.196 e. The van der Waals surface area contributed by atoms with Crippen LogP contribution < -0.4 is 9.47 Å². The molecule has 4 unspecified atom stereocenters. The Hall–Kier alpha value is -3.04. The largest absolute Gasteiger partial charge is 0.508 e. The van der Waals surface area contributed by atoms with E-state index in [0.717, 1.165) is 82.3 Å². The number of aliphatic hydroxyl groups is 4. The fourth-order valence-electron chi connectivity index (χ4n) is 11.6. The van der Waals surface area contributed by atoms with E-state index in [1.165, 1.54) is 35.1 Å². The van der Waals surface area contributed by atoms with Crippen molar-refractivity contribution in [3.05, 3.63) is 82.3 Å². The molecule has 2 fully saturated rings. The summed E-state index contributed by atoms with van der Waals surface area (Å²) in [6.07, 6.45) is 15.2. The lowest BCUT2D eigenvalue weighted by molar-refractivity contribution is -0.0678. The SMILES string of the molecule is CCCCOC(C)Oc1ccc2c(c1)CCC1[C@@H]2CC[C@]2(C)[C@@H](O)C(O)=C(O)[C@@H]12.CCCCOC(C)Oc1ccc2c(c1)CCC1[C@@H]2CC[C@]2(C)[C@@H](O)C=C[C@@H]12. The van der Waals surface area contributed by atoms with Crippen LogP contribution in [-0.4, -0.2) is 58.4 Å². The van der Waals surface area contributed by atoms with Crippen LogP contribution in [0.2, 0.25) is 0 Å². The summed E-state index contributed by atoms with van der Waals surface area (Å²) in [7, 11) is 0. The molecule has 0 aliphatic heterocycles. The molecule has 8 heteroatoms. The first-order valence-electron chi connectivity index (χ1n) is 21.9. The van der Waals surface area contributed by atoms with Crippen molar-refractivity contribution in [1.82, 2.24) is 0 Å². The highest BCUT2D eigenvalue weighted by molar-refractivity contribution is 5.43. The number of allylic oxidation sites excluding steroid dienone is 2. The maximum absolute atomic E-state index is 10.6. The molecular weight excluding hydrogens is 705 g/mol. The van der Waals surface area contributed by atoms with Crippen molar-refractivity contribution in [3.63, 3.8) is 0 Å². The first-order chi connectivity index (χ1) is 26.9. The first-order valence-corrected chi connectivity index (χ1v) is 21.9. The first kappa shape index (κ1) is 41.1. The van der Waals surface area contributed by atoms with Crippen molar-refractivity contribution < 1.29 is 39.4 Å². The Morgan fingerprint density at radius 2 is 1.20 bits per heavy atom. The van der Waals surface area contributed by atoms with Gasteiger partial charge in [-0.3, -0.25) is 0 Å². The average Bonchev–Trinajstić information content (AvgIpc) is 3.58. The number of unbranched alkanes of at least 4 members (excludes halogenated alkanes) is 2. The predicted molar refractivity (Wildman–Crippen MR) is 219 cm³/mol. The minimum absolute atomic E-state index is 0.0103. The summed E-state index contributed by atoms with van der Waals surface area (Å²) < 4.78 is 23.4. The van der Waals surface area contributed by atoms with E-state index in [1.54, 1.807) is 0 Å². The zero-order valence-electron chi connectivity index (χ0n) is 34.7. The lowest BCUT2D eigenvalue weighted by Crippen LogP contribution is -2.45. The Labute approximate surface area is 335 Å². The van der Waals surface area contributed by atoms with Crippen molar-refractivity contribution in [2.45, 2.75) is 155 Å². The molecule has 8 nitrogen and oxygen atoms in total. The van der Waals surface area contributed by atoms with Gasteiger partial charge in [0.25, 0.3) is 0 Å². The van der Waals surface area contributed by atoms with Crippen molar-refractivity contribution >= 4 is 0 Å². The highest BCUT2D eigenvalue weighted by atomic mass is 16.7. The van der Waals surface area contributed by atoms with Gasteiger partial charge in [0.15, 0.2) is 18.3 Å². The Bertz CT molecular complexity index is 1740. The molecule has 0 heterocycles. The molecule has 4 N–H and O–H groups in total. The molecule has 2 aromatic carbocycles. The summed E-state index contributed by atoms with van der Waals surface area (Å²) in [4.78, 5) is 0. The van der Waals surface area contributed by atoms with Crippen molar-refractivity contribution in [1.29, 1.82) is 0 Å². The Kier molecular flexibility index (Phi) is 12.5. The van der Waals surface area contributed by atoms with Gasteiger partial charge >= 0.3 is 0 Å². The third-order valence-corrected chi connectivity index (χ3v) is 14.8. The highest BCUT2D eigenvalue weighted by Crippen LogP contribution is 2.62. The Morgan fingerprint density at radius 3 is 1.75 bits per heavy atom. The fraction of sp³-hybridized carbons (Fsp3) is 0.667. The van der Waals surface area contributed by atoms with E-state index in [-0.39, 0.29) is 47.5 Å². The van der Waals surface area contributed by atoms with Gasteiger partial charge in [0.2, 0.25) is 0 Å². The third-order valence-electron chi connectivity index (χ3n) is 14.8. The predicted octanol–water partition coefficient (Wildman–Crippen LogP) is 10.2. The van der Waals surface area contributed by atoms with E-state index < -0.39 is 11.5 Å². The van der Waals surface area contributed by atoms with Gasteiger partial charge in [0.1, 0.15) is 23.4 Å². The van der Waals surface area contributed by atoms with E-state index in [9.17, 15) is 20.4 Å². The zero-order valence-corrected chi connectivity index (χ0v) is 34.7. The topological polar surface area (TPSA) is 118 Å². The van der Waals surface area contributed by atoms with E-state index >= 15 is 0 Å². The Morgan fingerprint density at radius 1 is 0.679 bits per heavy atom. The van der Waals surface area contributed by atoms with Gasteiger partial charge in [-0.05, 0) is 154 Å². The van der Waals surface area contributed by atoms with Gasteiger partial charge in [-0.15, -0.1) is 0 Å². The lowest BCUT2D eigenvalue weighted by Gasteiger charge is -2.50. The van der Waals surface area contributed by atoms with Gasteiger partial charge < -0.3 is 39.4 Å². The number of hydrogen-bond donors (Lipinski definition) is 4. The van der Waals surface area contributed by atoms with E-state index in [2.05, 4.69) is 57.2 Å². The molecule has 0 saturated heterocycles. The second-order valence-corrected chi connectivity index (χ2v) is 18.3. The molecule has 308 valence electrons. The highest BCUT2D eigenvalue weighted by Gasteiger charge is 2.59. The molecule has 0 bridgehead atoms. The van der Waals surface area contributed by atoms with Gasteiger partial charge in [0.05, 0.1) is 19.3 Å². The number of benzene rings is 2. The molecule has 0 amide bonds. The summed E-state index contributed by atoms with van der Waals surface area (Å²) in [5.41, 5.74) is 5.16. The van der Waals surface area contributed by atoms with Crippen molar-refractivity contribution in [2.75, 3.05) is 13.2 Å². The molecule has 0 aromatic heterocycles. The zero-order chi connectivity index (χ0) is 39.8. The number of aliphatic hydroxyl groups excluding tert-OH is 4. The molecule has 8 rings (SSSR count). The molecule has 0 spiro atoms. The van der Waals surface area contributed by atoms with Gasteiger partial charge in [-0.2, -0.15) is 0 Å².